The number of carbonyl (C=O) groups is 1. The largest absolute Gasteiger partial charge is 0.447 e. The SMILES string of the molecule is COCCOC(=O)Nc1ccc([C@H]2CN(C)Cc3c(Cl)cc(Cl)cc32)cc1. The Morgan fingerprint density at radius 1 is 1.22 bits per heavy atom. The Kier molecular flexibility index (Phi) is 6.60. The van der Waals surface area contributed by atoms with Gasteiger partial charge in [0.1, 0.15) is 6.61 Å². The quantitative estimate of drug-likeness (QED) is 0.724. The molecule has 1 atom stereocenters. The summed E-state index contributed by atoms with van der Waals surface area (Å²) in [4.78, 5) is 14.0. The van der Waals surface area contributed by atoms with E-state index in [1.807, 2.05) is 30.3 Å². The Morgan fingerprint density at radius 3 is 2.67 bits per heavy atom. The lowest BCUT2D eigenvalue weighted by molar-refractivity contribution is 0.107. The van der Waals surface area contributed by atoms with Crippen LogP contribution in [0.2, 0.25) is 10.0 Å². The van der Waals surface area contributed by atoms with Gasteiger partial charge in [-0.1, -0.05) is 35.3 Å². The Hall–Kier alpha value is -1.79. The van der Waals surface area contributed by atoms with Gasteiger partial charge in [-0.25, -0.2) is 4.79 Å². The number of methoxy groups -OCH3 is 1. The summed E-state index contributed by atoms with van der Waals surface area (Å²) in [5, 5.41) is 4.05. The number of ether oxygens (including phenoxy) is 2. The topological polar surface area (TPSA) is 50.8 Å². The third kappa shape index (κ3) is 4.93. The minimum atomic E-state index is -0.499. The first-order chi connectivity index (χ1) is 13.0. The molecule has 2 aromatic carbocycles. The van der Waals surface area contributed by atoms with Crippen molar-refractivity contribution in [2.75, 3.05) is 39.2 Å². The standard InChI is InChI=1S/C20H22Cl2N2O3/c1-24-11-17(16-9-14(21)10-19(22)18(16)12-24)13-3-5-15(6-4-13)23-20(25)27-8-7-26-2/h3-6,9-10,17H,7-8,11-12H2,1-2H3,(H,23,25)/t17-/m1/s1. The summed E-state index contributed by atoms with van der Waals surface area (Å²) in [6.07, 6.45) is -0.499. The van der Waals surface area contributed by atoms with Crippen LogP contribution in [0.1, 0.15) is 22.6 Å². The van der Waals surface area contributed by atoms with Crippen molar-refractivity contribution in [3.05, 3.63) is 63.1 Å². The number of rotatable bonds is 5. The maximum Gasteiger partial charge on any atom is 0.411 e. The molecule has 0 unspecified atom stereocenters. The van der Waals surface area contributed by atoms with Gasteiger partial charge in [-0.3, -0.25) is 5.32 Å². The molecule has 1 amide bonds. The molecule has 144 valence electrons. The second-order valence-corrected chi connectivity index (χ2v) is 7.42. The van der Waals surface area contributed by atoms with Crippen molar-refractivity contribution in [3.63, 3.8) is 0 Å². The zero-order chi connectivity index (χ0) is 19.4. The van der Waals surface area contributed by atoms with Crippen LogP contribution < -0.4 is 5.32 Å². The number of hydrogen-bond acceptors (Lipinski definition) is 4. The molecule has 0 bridgehead atoms. The normalized spacial score (nSPS) is 16.7. The minimum Gasteiger partial charge on any atom is -0.447 e. The van der Waals surface area contributed by atoms with Gasteiger partial charge in [0, 0.05) is 41.8 Å². The molecule has 0 radical (unpaired) electrons. The number of nitrogens with one attached hydrogen (secondary N) is 1. The molecule has 7 heteroatoms. The van der Waals surface area contributed by atoms with Crippen LogP contribution in [-0.2, 0) is 16.0 Å². The predicted molar refractivity (Wildman–Crippen MR) is 108 cm³/mol. The number of likely N-dealkylation sites (N-methyl/N-ethyl adjacent to an activating group) is 1. The first-order valence-electron chi connectivity index (χ1n) is 8.67. The van der Waals surface area contributed by atoms with E-state index in [0.717, 1.165) is 29.8 Å². The monoisotopic (exact) mass is 408 g/mol. The second-order valence-electron chi connectivity index (χ2n) is 6.58. The van der Waals surface area contributed by atoms with Crippen LogP contribution in [0.25, 0.3) is 0 Å². The molecule has 1 N–H and O–H groups in total. The molecule has 0 fully saturated rings. The molecule has 0 aromatic heterocycles. The van der Waals surface area contributed by atoms with Crippen LogP contribution in [0.5, 0.6) is 0 Å². The van der Waals surface area contributed by atoms with E-state index < -0.39 is 6.09 Å². The number of nitrogens with zero attached hydrogens (tertiary/aromatic N) is 1. The van der Waals surface area contributed by atoms with Crippen LogP contribution >= 0.6 is 23.2 Å². The predicted octanol–water partition coefficient (Wildman–Crippen LogP) is 4.77. The molecule has 2 aromatic rings. The molecule has 1 aliphatic heterocycles. The van der Waals surface area contributed by atoms with E-state index in [4.69, 9.17) is 32.7 Å². The number of hydrogen-bond donors (Lipinski definition) is 1. The van der Waals surface area contributed by atoms with Crippen LogP contribution in [-0.4, -0.2) is 44.9 Å². The van der Waals surface area contributed by atoms with Gasteiger partial charge in [-0.15, -0.1) is 0 Å². The van der Waals surface area contributed by atoms with E-state index in [2.05, 4.69) is 17.3 Å². The Balaban J connectivity index is 1.77. The molecule has 0 saturated carbocycles. The van der Waals surface area contributed by atoms with Gasteiger partial charge in [-0.05, 0) is 48.0 Å². The van der Waals surface area contributed by atoms with Crippen molar-refractivity contribution in [2.45, 2.75) is 12.5 Å². The smallest absolute Gasteiger partial charge is 0.411 e. The lowest BCUT2D eigenvalue weighted by atomic mass is 9.85. The zero-order valence-electron chi connectivity index (χ0n) is 15.3. The Morgan fingerprint density at radius 2 is 1.96 bits per heavy atom. The average Bonchev–Trinajstić information content (AvgIpc) is 2.63. The van der Waals surface area contributed by atoms with Crippen LogP contribution in [0, 0.1) is 0 Å². The van der Waals surface area contributed by atoms with E-state index in [9.17, 15) is 4.79 Å². The summed E-state index contributed by atoms with van der Waals surface area (Å²) >= 11 is 12.7. The summed E-state index contributed by atoms with van der Waals surface area (Å²) in [6.45, 7) is 2.25. The van der Waals surface area contributed by atoms with Crippen LogP contribution in [0.15, 0.2) is 36.4 Å². The second kappa shape index (κ2) is 8.93. The highest BCUT2D eigenvalue weighted by Crippen LogP contribution is 2.38. The van der Waals surface area contributed by atoms with Crippen molar-refractivity contribution in [2.24, 2.45) is 0 Å². The highest BCUT2D eigenvalue weighted by Gasteiger charge is 2.27. The lowest BCUT2D eigenvalue weighted by Crippen LogP contribution is -2.31. The fourth-order valence-corrected chi connectivity index (χ4v) is 3.87. The third-order valence-electron chi connectivity index (χ3n) is 4.57. The van der Waals surface area contributed by atoms with Gasteiger partial charge in [-0.2, -0.15) is 0 Å². The van der Waals surface area contributed by atoms with Gasteiger partial charge in [0.05, 0.1) is 6.61 Å². The van der Waals surface area contributed by atoms with Gasteiger partial charge in [0.15, 0.2) is 0 Å². The summed E-state index contributed by atoms with van der Waals surface area (Å²) in [5.41, 5.74) is 4.09. The van der Waals surface area contributed by atoms with Crippen molar-refractivity contribution in [3.8, 4) is 0 Å². The zero-order valence-corrected chi connectivity index (χ0v) is 16.8. The van der Waals surface area contributed by atoms with Gasteiger partial charge in [0.2, 0.25) is 0 Å². The van der Waals surface area contributed by atoms with Crippen LogP contribution in [0.4, 0.5) is 10.5 Å². The van der Waals surface area contributed by atoms with E-state index in [0.29, 0.717) is 22.3 Å². The fourth-order valence-electron chi connectivity index (χ4n) is 3.30. The Bertz CT molecular complexity index is 812. The van der Waals surface area contributed by atoms with Gasteiger partial charge >= 0.3 is 6.09 Å². The number of benzene rings is 2. The fraction of sp³-hybridized carbons (Fsp3) is 0.350. The number of carbonyl (C=O) groups excluding carboxylic acids is 1. The molecule has 1 aliphatic rings. The van der Waals surface area contributed by atoms with Crippen LogP contribution in [0.3, 0.4) is 0 Å². The van der Waals surface area contributed by atoms with Crippen molar-refractivity contribution < 1.29 is 14.3 Å². The highest BCUT2D eigenvalue weighted by molar-refractivity contribution is 6.35. The van der Waals surface area contributed by atoms with Gasteiger partial charge in [0.25, 0.3) is 0 Å². The minimum absolute atomic E-state index is 0.164. The van der Waals surface area contributed by atoms with E-state index >= 15 is 0 Å². The van der Waals surface area contributed by atoms with E-state index in [-0.39, 0.29) is 12.5 Å². The molecule has 0 saturated heterocycles. The number of amides is 1. The summed E-state index contributed by atoms with van der Waals surface area (Å²) in [7, 11) is 3.63. The third-order valence-corrected chi connectivity index (χ3v) is 5.13. The molecular formula is C20H22Cl2N2O3. The molecule has 0 aliphatic carbocycles. The van der Waals surface area contributed by atoms with Crippen molar-refractivity contribution >= 4 is 35.0 Å². The van der Waals surface area contributed by atoms with Crippen molar-refractivity contribution in [1.29, 1.82) is 0 Å². The Labute approximate surface area is 169 Å². The average molecular weight is 409 g/mol. The molecular weight excluding hydrogens is 387 g/mol. The maximum absolute atomic E-state index is 11.7. The first kappa shape index (κ1) is 20.0. The first-order valence-corrected chi connectivity index (χ1v) is 9.42. The molecule has 0 spiro atoms. The lowest BCUT2D eigenvalue weighted by Gasteiger charge is -2.33. The molecule has 27 heavy (non-hydrogen) atoms. The maximum atomic E-state index is 11.7. The summed E-state index contributed by atoms with van der Waals surface area (Å²) in [5.74, 6) is 0.164. The molecule has 5 nitrogen and oxygen atoms in total. The summed E-state index contributed by atoms with van der Waals surface area (Å²) in [6, 6.07) is 11.5. The van der Waals surface area contributed by atoms with Crippen molar-refractivity contribution in [1.82, 2.24) is 4.90 Å². The summed E-state index contributed by atoms with van der Waals surface area (Å²) < 4.78 is 9.86. The van der Waals surface area contributed by atoms with E-state index in [1.165, 1.54) is 0 Å². The van der Waals surface area contributed by atoms with E-state index in [1.54, 1.807) is 13.2 Å². The number of halogens is 2. The molecule has 1 heterocycles. The van der Waals surface area contributed by atoms with Gasteiger partial charge < -0.3 is 14.4 Å². The number of fused-ring (bicyclic) bond motifs is 1. The highest BCUT2D eigenvalue weighted by atomic mass is 35.5. The molecule has 3 rings (SSSR count). The number of anilines is 1.